The van der Waals surface area contributed by atoms with Gasteiger partial charge in [-0.1, -0.05) is 13.0 Å². The number of hydrogen-bond acceptors (Lipinski definition) is 7. The van der Waals surface area contributed by atoms with Gasteiger partial charge in [0.2, 0.25) is 5.82 Å². The quantitative estimate of drug-likeness (QED) is 0.311. The number of benzene rings is 1. The van der Waals surface area contributed by atoms with E-state index in [9.17, 15) is 27.2 Å². The van der Waals surface area contributed by atoms with Crippen LogP contribution in [-0.2, 0) is 14.3 Å². The Morgan fingerprint density at radius 2 is 2.00 bits per heavy atom. The molecule has 0 unspecified atom stereocenters. The minimum atomic E-state index is -4.91. The molecule has 4 N–H and O–H groups in total. The van der Waals surface area contributed by atoms with Gasteiger partial charge < -0.3 is 30.6 Å². The van der Waals surface area contributed by atoms with Gasteiger partial charge in [0.15, 0.2) is 17.2 Å². The third-order valence-corrected chi connectivity index (χ3v) is 7.36. The molecule has 14 heteroatoms. The van der Waals surface area contributed by atoms with Crippen molar-refractivity contribution in [2.45, 2.75) is 50.1 Å². The van der Waals surface area contributed by atoms with Crippen molar-refractivity contribution in [1.82, 2.24) is 10.3 Å². The fourth-order valence-electron chi connectivity index (χ4n) is 4.95. The predicted molar refractivity (Wildman–Crippen MR) is 132 cm³/mol. The van der Waals surface area contributed by atoms with Crippen LogP contribution in [0.25, 0.3) is 0 Å². The van der Waals surface area contributed by atoms with E-state index in [0.29, 0.717) is 13.2 Å². The Bertz CT molecular complexity index is 1260. The van der Waals surface area contributed by atoms with Crippen LogP contribution in [0.1, 0.15) is 42.2 Å². The van der Waals surface area contributed by atoms with Crippen LogP contribution in [-0.4, -0.2) is 67.1 Å². The third kappa shape index (κ3) is 5.88. The fourth-order valence-corrected chi connectivity index (χ4v) is 4.95. The molecule has 218 valence electrons. The number of nitrogens with zero attached hydrogens (tertiary/aromatic N) is 1. The van der Waals surface area contributed by atoms with E-state index in [0.717, 1.165) is 31.5 Å². The minimum absolute atomic E-state index is 0.0214. The number of amides is 2. The molecule has 5 atom stereocenters. The van der Waals surface area contributed by atoms with Crippen molar-refractivity contribution < 1.29 is 45.8 Å². The van der Waals surface area contributed by atoms with Crippen LogP contribution in [0.3, 0.4) is 0 Å². The van der Waals surface area contributed by atoms with E-state index in [1.165, 1.54) is 19.2 Å². The first-order chi connectivity index (χ1) is 18.8. The zero-order chi connectivity index (χ0) is 29.2. The predicted octanol–water partition coefficient (Wildman–Crippen LogP) is 3.29. The number of alkyl halides is 3. The van der Waals surface area contributed by atoms with Gasteiger partial charge >= 0.3 is 6.18 Å². The first-order valence-electron chi connectivity index (χ1n) is 12.6. The topological polar surface area (TPSA) is 125 Å². The third-order valence-electron chi connectivity index (χ3n) is 7.36. The summed E-state index contributed by atoms with van der Waals surface area (Å²) in [5.74, 6) is -7.98. The number of ether oxygens (including phenoxy) is 3. The van der Waals surface area contributed by atoms with E-state index >= 15 is 4.39 Å². The summed E-state index contributed by atoms with van der Waals surface area (Å²) in [6.07, 6.45) is -4.77. The number of rotatable bonds is 9. The summed E-state index contributed by atoms with van der Waals surface area (Å²) in [6.45, 7) is 3.19. The Hall–Kier alpha value is -3.36. The van der Waals surface area contributed by atoms with E-state index in [1.54, 1.807) is 0 Å². The Balaban J connectivity index is 1.66. The number of carbonyl (C=O) groups excluding carboxylic acids is 2. The Morgan fingerprint density at radius 3 is 2.65 bits per heavy atom. The number of nitrogens with two attached hydrogens (primary N) is 1. The lowest BCUT2D eigenvalue weighted by molar-refractivity contribution is -0.272. The van der Waals surface area contributed by atoms with Gasteiger partial charge in [-0.2, -0.15) is 17.6 Å². The normalized spacial score (nSPS) is 26.6. The van der Waals surface area contributed by atoms with Crippen LogP contribution in [0.5, 0.6) is 5.75 Å². The molecule has 2 saturated heterocycles. The number of primary amides is 1. The molecule has 1 aromatic heterocycles. The molecule has 4 rings (SSSR count). The van der Waals surface area contributed by atoms with Crippen molar-refractivity contribution in [1.29, 1.82) is 0 Å². The van der Waals surface area contributed by atoms with Crippen molar-refractivity contribution in [2.75, 3.05) is 31.7 Å². The van der Waals surface area contributed by atoms with Crippen molar-refractivity contribution in [2.24, 2.45) is 11.7 Å². The highest BCUT2D eigenvalue weighted by atomic mass is 19.4. The van der Waals surface area contributed by atoms with Gasteiger partial charge in [0.05, 0.1) is 6.61 Å². The maximum Gasteiger partial charge on any atom is 0.417 e. The molecule has 2 aliphatic heterocycles. The van der Waals surface area contributed by atoms with Gasteiger partial charge in [0.25, 0.3) is 11.8 Å². The van der Waals surface area contributed by atoms with Gasteiger partial charge in [-0.05, 0) is 31.5 Å². The largest absolute Gasteiger partial charge is 0.489 e. The van der Waals surface area contributed by atoms with Crippen LogP contribution in [0.15, 0.2) is 30.5 Å². The van der Waals surface area contributed by atoms with Gasteiger partial charge in [-0.3, -0.25) is 14.6 Å². The first kappa shape index (κ1) is 29.6. The summed E-state index contributed by atoms with van der Waals surface area (Å²) < 4.78 is 88.2. The van der Waals surface area contributed by atoms with Crippen LogP contribution in [0.4, 0.5) is 27.6 Å². The number of carbonyl (C=O) groups is 2. The summed E-state index contributed by atoms with van der Waals surface area (Å²) in [7, 11) is 0. The molecule has 2 amide bonds. The van der Waals surface area contributed by atoms with Gasteiger partial charge in [-0.15, -0.1) is 0 Å². The molecule has 1 aromatic carbocycles. The maximum atomic E-state index is 15.0. The zero-order valence-corrected chi connectivity index (χ0v) is 21.7. The molecule has 0 spiro atoms. The van der Waals surface area contributed by atoms with Crippen molar-refractivity contribution >= 4 is 17.5 Å². The monoisotopic (exact) mass is 572 g/mol. The molecule has 0 bridgehead atoms. The summed E-state index contributed by atoms with van der Waals surface area (Å²) in [4.78, 5) is 28.5. The van der Waals surface area contributed by atoms with Gasteiger partial charge in [0.1, 0.15) is 18.4 Å². The second kappa shape index (κ2) is 11.6. The summed E-state index contributed by atoms with van der Waals surface area (Å²) >= 11 is 0. The van der Waals surface area contributed by atoms with Gasteiger partial charge in [-0.25, -0.2) is 4.39 Å². The van der Waals surface area contributed by atoms with E-state index in [1.807, 2.05) is 0 Å². The molecule has 9 nitrogen and oxygen atoms in total. The molecular weight excluding hydrogens is 543 g/mol. The summed E-state index contributed by atoms with van der Waals surface area (Å²) in [5, 5.41) is 5.55. The minimum Gasteiger partial charge on any atom is -0.489 e. The lowest BCUT2D eigenvalue weighted by atomic mass is 9.77. The molecule has 2 aliphatic rings. The summed E-state index contributed by atoms with van der Waals surface area (Å²) in [6, 6.07) is 4.36. The van der Waals surface area contributed by atoms with E-state index in [2.05, 4.69) is 15.6 Å². The smallest absolute Gasteiger partial charge is 0.417 e. The van der Waals surface area contributed by atoms with E-state index in [-0.39, 0.29) is 36.1 Å². The van der Waals surface area contributed by atoms with Gasteiger partial charge in [0, 0.05) is 48.5 Å². The van der Waals surface area contributed by atoms with Crippen LogP contribution in [0.2, 0.25) is 0 Å². The number of anilines is 1. The Kier molecular flexibility index (Phi) is 8.61. The number of pyridine rings is 1. The highest BCUT2D eigenvalue weighted by molar-refractivity contribution is 5.97. The number of nitrogens with one attached hydrogen (secondary N) is 2. The fraction of sp³-hybridized carbons (Fsp3) is 0.500. The number of aromatic nitrogens is 1. The second-order valence-corrected chi connectivity index (χ2v) is 9.88. The van der Waals surface area contributed by atoms with Crippen LogP contribution in [0, 0.1) is 17.6 Å². The molecule has 2 fully saturated rings. The maximum absolute atomic E-state index is 15.0. The zero-order valence-electron chi connectivity index (χ0n) is 21.7. The molecule has 3 heterocycles. The average Bonchev–Trinajstić information content (AvgIpc) is 3.51. The van der Waals surface area contributed by atoms with Crippen LogP contribution < -0.4 is 21.1 Å². The molecule has 2 aromatic rings. The Morgan fingerprint density at radius 1 is 1.25 bits per heavy atom. The second-order valence-electron chi connectivity index (χ2n) is 9.88. The number of hydrogen-bond donors (Lipinski definition) is 3. The molecule has 0 aliphatic carbocycles. The van der Waals surface area contributed by atoms with Crippen molar-refractivity contribution in [3.8, 4) is 5.75 Å². The lowest BCUT2D eigenvalue weighted by Crippen LogP contribution is -2.47. The highest BCUT2D eigenvalue weighted by Gasteiger charge is 2.66. The first-order valence-corrected chi connectivity index (χ1v) is 12.6. The summed E-state index contributed by atoms with van der Waals surface area (Å²) in [5.41, 5.74) is 2.07. The molecule has 0 radical (unpaired) electrons. The SMILES string of the molecule is C[C@H]1[C@@H](c2ccc(F)c(F)c2OCCN[C@@H]2CCOC2)[C@H](C(=O)Nc2ccnc(C(N)=O)c2)O[C@@]1(C)C(F)(F)F. The average molecular weight is 573 g/mol. The number of halogens is 5. The molecule has 40 heavy (non-hydrogen) atoms. The van der Waals surface area contributed by atoms with Crippen LogP contribution >= 0.6 is 0 Å². The van der Waals surface area contributed by atoms with E-state index in [4.69, 9.17) is 19.9 Å². The van der Waals surface area contributed by atoms with E-state index < -0.39 is 58.9 Å². The lowest BCUT2D eigenvalue weighted by Gasteiger charge is -2.32. The Labute approximate surface area is 226 Å². The standard InChI is InChI=1S/C26H29F5N4O5/c1-13-19(16-3-4-17(27)20(28)21(16)39-10-8-33-15-6-9-38-12-15)22(40-25(13,2)26(29,30)31)24(37)35-14-5-7-34-18(11-14)23(32)36/h3-5,7,11,13,15,19,22,33H,6,8-10,12H2,1-2H3,(H2,32,36)(H,34,35,37)/t13-,15+,19-,22+,25+/m0/s1. The molecular formula is C26H29F5N4O5. The van der Waals surface area contributed by atoms with Crippen molar-refractivity contribution in [3.63, 3.8) is 0 Å². The molecule has 0 saturated carbocycles. The highest BCUT2D eigenvalue weighted by Crippen LogP contribution is 2.55. The van der Waals surface area contributed by atoms with Crippen molar-refractivity contribution in [3.05, 3.63) is 53.4 Å².